The van der Waals surface area contributed by atoms with Gasteiger partial charge in [0.15, 0.2) is 0 Å². The van der Waals surface area contributed by atoms with Gasteiger partial charge in [-0.25, -0.2) is 0 Å². The number of hydrogen-bond donors (Lipinski definition) is 1. The largest absolute Gasteiger partial charge is 0.329 e. The molecule has 1 aromatic rings. The molecule has 0 amide bonds. The number of rotatable bonds is 5. The van der Waals surface area contributed by atoms with Crippen LogP contribution in [0.5, 0.6) is 0 Å². The van der Waals surface area contributed by atoms with Crippen molar-refractivity contribution in [3.05, 3.63) is 34.9 Å². The molecule has 0 atom stereocenters. The van der Waals surface area contributed by atoms with Crippen LogP contribution in [-0.2, 0) is 6.54 Å². The van der Waals surface area contributed by atoms with Gasteiger partial charge in [0, 0.05) is 25.7 Å². The second-order valence-electron chi connectivity index (χ2n) is 4.92. The van der Waals surface area contributed by atoms with Gasteiger partial charge >= 0.3 is 0 Å². The fourth-order valence-corrected chi connectivity index (χ4v) is 2.19. The molecule has 0 radical (unpaired) electrons. The Bertz CT molecular complexity index is 356. The van der Waals surface area contributed by atoms with Crippen molar-refractivity contribution in [2.24, 2.45) is 5.73 Å². The summed E-state index contributed by atoms with van der Waals surface area (Å²) in [4.78, 5) is 2.53. The summed E-state index contributed by atoms with van der Waals surface area (Å²) in [7, 11) is 0. The Labute approximate surface area is 98.4 Å². The second kappa shape index (κ2) is 4.98. The van der Waals surface area contributed by atoms with Gasteiger partial charge in [0.1, 0.15) is 0 Å². The number of nitrogens with two attached hydrogens (primary N) is 1. The van der Waals surface area contributed by atoms with Gasteiger partial charge in [0.05, 0.1) is 0 Å². The number of hydrogen-bond acceptors (Lipinski definition) is 2. The summed E-state index contributed by atoms with van der Waals surface area (Å²) in [6.07, 6.45) is 2.70. The van der Waals surface area contributed by atoms with Gasteiger partial charge in [-0.2, -0.15) is 0 Å². The Morgan fingerprint density at radius 2 is 2.06 bits per heavy atom. The van der Waals surface area contributed by atoms with Gasteiger partial charge in [0.25, 0.3) is 0 Å². The third-order valence-electron chi connectivity index (χ3n) is 3.36. The fraction of sp³-hybridized carbons (Fsp3) is 0.571. The molecule has 1 aromatic carbocycles. The molecule has 0 heterocycles. The summed E-state index contributed by atoms with van der Waals surface area (Å²) in [5, 5.41) is 0. The highest BCUT2D eigenvalue weighted by Gasteiger charge is 2.28. The molecule has 2 heteroatoms. The van der Waals surface area contributed by atoms with Crippen LogP contribution in [-0.4, -0.2) is 24.0 Å². The lowest BCUT2D eigenvalue weighted by atomic mass is 10.1. The Kier molecular flexibility index (Phi) is 3.62. The van der Waals surface area contributed by atoms with Crippen molar-refractivity contribution in [2.75, 3.05) is 13.1 Å². The number of benzene rings is 1. The Hall–Kier alpha value is -0.860. The van der Waals surface area contributed by atoms with Gasteiger partial charge in [-0.05, 0) is 37.8 Å². The van der Waals surface area contributed by atoms with E-state index in [1.54, 1.807) is 0 Å². The first-order chi connectivity index (χ1) is 7.70. The highest BCUT2D eigenvalue weighted by Crippen LogP contribution is 2.28. The van der Waals surface area contributed by atoms with Crippen LogP contribution in [0.2, 0.25) is 0 Å². The standard InChI is InChI=1S/C14H22N2/c1-11-3-4-12(2)13(9-11)10-16(8-7-15)14-5-6-14/h3-4,9,14H,5-8,10,15H2,1-2H3. The molecular weight excluding hydrogens is 196 g/mol. The smallest absolute Gasteiger partial charge is 0.0239 e. The minimum Gasteiger partial charge on any atom is -0.329 e. The second-order valence-corrected chi connectivity index (χ2v) is 4.92. The maximum atomic E-state index is 5.67. The highest BCUT2D eigenvalue weighted by atomic mass is 15.2. The van der Waals surface area contributed by atoms with E-state index in [2.05, 4.69) is 36.9 Å². The summed E-state index contributed by atoms with van der Waals surface area (Å²) in [6.45, 7) is 7.21. The zero-order chi connectivity index (χ0) is 11.5. The topological polar surface area (TPSA) is 29.3 Å². The molecular formula is C14H22N2. The molecule has 0 aliphatic heterocycles. The van der Waals surface area contributed by atoms with Crippen LogP contribution in [0, 0.1) is 13.8 Å². The SMILES string of the molecule is Cc1ccc(C)c(CN(CCN)C2CC2)c1. The Morgan fingerprint density at radius 3 is 2.69 bits per heavy atom. The van der Waals surface area contributed by atoms with Crippen molar-refractivity contribution in [1.29, 1.82) is 0 Å². The van der Waals surface area contributed by atoms with Crippen LogP contribution in [0.3, 0.4) is 0 Å². The maximum absolute atomic E-state index is 5.67. The lowest BCUT2D eigenvalue weighted by molar-refractivity contribution is 0.262. The molecule has 0 bridgehead atoms. The molecule has 2 rings (SSSR count). The average molecular weight is 218 g/mol. The molecule has 1 saturated carbocycles. The van der Waals surface area contributed by atoms with Crippen LogP contribution in [0.1, 0.15) is 29.5 Å². The first-order valence-corrected chi connectivity index (χ1v) is 6.21. The molecule has 2 N–H and O–H groups in total. The van der Waals surface area contributed by atoms with Crippen molar-refractivity contribution in [3.8, 4) is 0 Å². The molecule has 0 unspecified atom stereocenters. The van der Waals surface area contributed by atoms with Gasteiger partial charge in [0.2, 0.25) is 0 Å². The minimum absolute atomic E-state index is 0.765. The Balaban J connectivity index is 2.08. The summed E-state index contributed by atoms with van der Waals surface area (Å²) < 4.78 is 0. The van der Waals surface area contributed by atoms with E-state index < -0.39 is 0 Å². The third kappa shape index (κ3) is 2.83. The Morgan fingerprint density at radius 1 is 1.31 bits per heavy atom. The molecule has 88 valence electrons. The quantitative estimate of drug-likeness (QED) is 0.821. The van der Waals surface area contributed by atoms with E-state index in [0.717, 1.165) is 25.7 Å². The summed E-state index contributed by atoms with van der Waals surface area (Å²) in [5.41, 5.74) is 9.88. The predicted molar refractivity (Wildman–Crippen MR) is 68.4 cm³/mol. The number of nitrogens with zero attached hydrogens (tertiary/aromatic N) is 1. The minimum atomic E-state index is 0.765. The lowest BCUT2D eigenvalue weighted by Crippen LogP contribution is -2.31. The van der Waals surface area contributed by atoms with Crippen LogP contribution >= 0.6 is 0 Å². The first kappa shape index (κ1) is 11.6. The van der Waals surface area contributed by atoms with E-state index in [9.17, 15) is 0 Å². The van der Waals surface area contributed by atoms with Gasteiger partial charge in [-0.3, -0.25) is 4.90 Å². The van der Waals surface area contributed by atoms with E-state index in [1.807, 2.05) is 0 Å². The lowest BCUT2D eigenvalue weighted by Gasteiger charge is -2.22. The monoisotopic (exact) mass is 218 g/mol. The first-order valence-electron chi connectivity index (χ1n) is 6.21. The maximum Gasteiger partial charge on any atom is 0.0239 e. The van der Waals surface area contributed by atoms with Crippen LogP contribution in [0.4, 0.5) is 0 Å². The van der Waals surface area contributed by atoms with Gasteiger partial charge in [-0.15, -0.1) is 0 Å². The third-order valence-corrected chi connectivity index (χ3v) is 3.36. The van der Waals surface area contributed by atoms with E-state index in [0.29, 0.717) is 0 Å². The molecule has 2 nitrogen and oxygen atoms in total. The van der Waals surface area contributed by atoms with Gasteiger partial charge < -0.3 is 5.73 Å². The fourth-order valence-electron chi connectivity index (χ4n) is 2.19. The normalized spacial score (nSPS) is 15.8. The van der Waals surface area contributed by atoms with Crippen LogP contribution in [0.25, 0.3) is 0 Å². The zero-order valence-electron chi connectivity index (χ0n) is 10.4. The molecule has 0 aromatic heterocycles. The van der Waals surface area contributed by atoms with Crippen molar-refractivity contribution in [1.82, 2.24) is 4.90 Å². The van der Waals surface area contributed by atoms with E-state index in [1.165, 1.54) is 29.5 Å². The van der Waals surface area contributed by atoms with E-state index >= 15 is 0 Å². The molecule has 1 fully saturated rings. The molecule has 1 aliphatic rings. The summed E-state index contributed by atoms with van der Waals surface area (Å²) in [5.74, 6) is 0. The van der Waals surface area contributed by atoms with Crippen molar-refractivity contribution < 1.29 is 0 Å². The van der Waals surface area contributed by atoms with Crippen molar-refractivity contribution in [2.45, 2.75) is 39.3 Å². The van der Waals surface area contributed by atoms with Gasteiger partial charge in [-0.1, -0.05) is 23.8 Å². The highest BCUT2D eigenvalue weighted by molar-refractivity contribution is 5.30. The summed E-state index contributed by atoms with van der Waals surface area (Å²) >= 11 is 0. The molecule has 1 aliphatic carbocycles. The van der Waals surface area contributed by atoms with E-state index in [-0.39, 0.29) is 0 Å². The summed E-state index contributed by atoms with van der Waals surface area (Å²) in [6, 6.07) is 7.51. The molecule has 0 spiro atoms. The molecule has 16 heavy (non-hydrogen) atoms. The van der Waals surface area contributed by atoms with Crippen molar-refractivity contribution in [3.63, 3.8) is 0 Å². The average Bonchev–Trinajstić information content (AvgIpc) is 3.06. The van der Waals surface area contributed by atoms with Crippen LogP contribution < -0.4 is 5.73 Å². The predicted octanol–water partition coefficient (Wildman–Crippen LogP) is 2.23. The number of aryl methyl sites for hydroxylation is 2. The van der Waals surface area contributed by atoms with Crippen LogP contribution in [0.15, 0.2) is 18.2 Å². The molecule has 0 saturated heterocycles. The van der Waals surface area contributed by atoms with E-state index in [4.69, 9.17) is 5.73 Å². The van der Waals surface area contributed by atoms with Crippen molar-refractivity contribution >= 4 is 0 Å². The zero-order valence-corrected chi connectivity index (χ0v) is 10.4.